The second-order valence-electron chi connectivity index (χ2n) is 9.53. The number of nitrogens with zero attached hydrogens (tertiary/aromatic N) is 4. The van der Waals surface area contributed by atoms with Gasteiger partial charge in [0.1, 0.15) is 11.2 Å². The predicted molar refractivity (Wildman–Crippen MR) is 160 cm³/mol. The van der Waals surface area contributed by atoms with Crippen molar-refractivity contribution in [2.75, 3.05) is 43.9 Å². The number of carbonyl (C=O) groups excluding carboxylic acids is 1. The molecule has 1 unspecified atom stereocenters. The number of nitrogens with two attached hydrogens (primary N) is 1. The Hall–Kier alpha value is -3.49. The molecule has 218 valence electrons. The van der Waals surface area contributed by atoms with Gasteiger partial charge < -0.3 is 15.2 Å². The quantitative estimate of drug-likeness (QED) is 0.209. The number of primary sulfonamides is 1. The summed E-state index contributed by atoms with van der Waals surface area (Å²) < 4.78 is 24.0. The van der Waals surface area contributed by atoms with E-state index in [1.807, 2.05) is 18.7 Å². The van der Waals surface area contributed by atoms with Crippen LogP contribution in [0.15, 0.2) is 46.1 Å². The van der Waals surface area contributed by atoms with Gasteiger partial charge in [0.25, 0.3) is 5.56 Å². The molecule has 2 aromatic heterocycles. The number of fused-ring (bicyclic) bond motifs is 1. The number of anilines is 2. The van der Waals surface area contributed by atoms with Crippen molar-refractivity contribution in [2.24, 2.45) is 5.14 Å². The maximum absolute atomic E-state index is 13.2. The van der Waals surface area contributed by atoms with Crippen LogP contribution in [0.1, 0.15) is 36.7 Å². The van der Waals surface area contributed by atoms with Crippen molar-refractivity contribution in [3.8, 4) is 0 Å². The van der Waals surface area contributed by atoms with Gasteiger partial charge in [-0.2, -0.15) is 5.10 Å². The lowest BCUT2D eigenvalue weighted by atomic mass is 9.90. The van der Waals surface area contributed by atoms with E-state index < -0.39 is 21.5 Å². The van der Waals surface area contributed by atoms with Crippen LogP contribution in [0.5, 0.6) is 0 Å². The lowest BCUT2D eigenvalue weighted by Gasteiger charge is -2.21. The Morgan fingerprint density at radius 2 is 1.71 bits per heavy atom. The van der Waals surface area contributed by atoms with E-state index in [-0.39, 0.29) is 44.3 Å². The Balaban J connectivity index is 1.83. The number of halogens is 2. The summed E-state index contributed by atoms with van der Waals surface area (Å²) in [5.74, 6) is -0.402. The zero-order valence-corrected chi connectivity index (χ0v) is 25.2. The molecule has 41 heavy (non-hydrogen) atoms. The van der Waals surface area contributed by atoms with E-state index in [0.29, 0.717) is 22.6 Å². The van der Waals surface area contributed by atoms with E-state index in [1.54, 1.807) is 43.3 Å². The van der Waals surface area contributed by atoms with Gasteiger partial charge in [-0.15, -0.1) is 0 Å². The van der Waals surface area contributed by atoms with Gasteiger partial charge >= 0.3 is 0 Å². The van der Waals surface area contributed by atoms with Crippen LogP contribution in [-0.2, 0) is 14.8 Å². The van der Waals surface area contributed by atoms with Crippen LogP contribution in [0.4, 0.5) is 11.5 Å². The smallest absolute Gasteiger partial charge is 0.264 e. The van der Waals surface area contributed by atoms with Crippen LogP contribution in [-0.4, -0.2) is 73.1 Å². The standard InChI is InChI=1S/C26H30Cl2N8O4S/c1-5-36(6-2)13-19(37)30-15-9-7-14(8-10-15)20(21-17(27)11-16(12-18(21)28)41(29,39)40)23-31-24-22(26(38)32-23)25(34-33-24)35(3)4/h7-12,20H,5-6,13H2,1-4H3,(H,30,37)(H2,29,39,40)(H2,31,32,33,34,38). The molecule has 4 rings (SSSR count). The number of benzene rings is 2. The summed E-state index contributed by atoms with van der Waals surface area (Å²) in [7, 11) is -0.593. The SMILES string of the molecule is CCN(CC)CC(=O)Nc1ccc(C(c2nc3[nH]nc(N(C)C)c3c(=O)[nH]2)c2c(Cl)cc(S(N)(=O)=O)cc2Cl)cc1. The third-order valence-electron chi connectivity index (χ3n) is 6.59. The lowest BCUT2D eigenvalue weighted by molar-refractivity contribution is -0.117. The van der Waals surface area contributed by atoms with Crippen LogP contribution in [0.2, 0.25) is 10.0 Å². The Kier molecular flexibility index (Phi) is 9.04. The number of aromatic nitrogens is 4. The number of hydrogen-bond donors (Lipinski definition) is 4. The molecule has 0 spiro atoms. The minimum atomic E-state index is -4.09. The van der Waals surface area contributed by atoms with Gasteiger partial charge in [0.15, 0.2) is 11.5 Å². The molecular formula is C26H30Cl2N8O4S. The molecule has 15 heteroatoms. The topological polar surface area (TPSA) is 170 Å². The van der Waals surface area contributed by atoms with Gasteiger partial charge in [0, 0.05) is 35.4 Å². The van der Waals surface area contributed by atoms with E-state index in [9.17, 15) is 18.0 Å². The highest BCUT2D eigenvalue weighted by Crippen LogP contribution is 2.40. The molecule has 2 heterocycles. The molecule has 0 saturated carbocycles. The minimum absolute atomic E-state index is 0.00413. The highest BCUT2D eigenvalue weighted by Gasteiger charge is 2.28. The number of rotatable bonds is 10. The average Bonchev–Trinajstić information content (AvgIpc) is 3.34. The monoisotopic (exact) mass is 620 g/mol. The van der Waals surface area contributed by atoms with E-state index in [1.165, 1.54) is 12.1 Å². The fraction of sp³-hybridized carbons (Fsp3) is 0.308. The number of aromatic amines is 2. The molecule has 0 aliphatic heterocycles. The van der Waals surface area contributed by atoms with Crippen molar-refractivity contribution in [1.82, 2.24) is 25.1 Å². The summed E-state index contributed by atoms with van der Waals surface area (Å²) >= 11 is 13.2. The zero-order valence-electron chi connectivity index (χ0n) is 22.8. The van der Waals surface area contributed by atoms with Crippen molar-refractivity contribution in [2.45, 2.75) is 24.7 Å². The van der Waals surface area contributed by atoms with Crippen LogP contribution in [0.3, 0.4) is 0 Å². The number of H-pyrrole nitrogens is 2. The number of sulfonamides is 1. The molecule has 12 nitrogen and oxygen atoms in total. The molecule has 1 atom stereocenters. The first-order valence-electron chi connectivity index (χ1n) is 12.6. The Morgan fingerprint density at radius 3 is 2.24 bits per heavy atom. The summed E-state index contributed by atoms with van der Waals surface area (Å²) in [4.78, 5) is 36.6. The number of nitrogens with one attached hydrogen (secondary N) is 3. The van der Waals surface area contributed by atoms with Crippen molar-refractivity contribution in [3.05, 3.63) is 73.7 Å². The first-order chi connectivity index (χ1) is 19.3. The van der Waals surface area contributed by atoms with E-state index in [4.69, 9.17) is 28.3 Å². The Morgan fingerprint density at radius 1 is 1.10 bits per heavy atom. The van der Waals surface area contributed by atoms with Gasteiger partial charge in [-0.1, -0.05) is 49.2 Å². The molecule has 0 bridgehead atoms. The molecule has 2 aromatic carbocycles. The predicted octanol–water partition coefficient (Wildman–Crippen LogP) is 3.13. The molecule has 1 amide bonds. The van der Waals surface area contributed by atoms with Crippen LogP contribution in [0.25, 0.3) is 11.0 Å². The summed E-state index contributed by atoms with van der Waals surface area (Å²) in [5.41, 5.74) is 1.27. The molecule has 5 N–H and O–H groups in total. The van der Waals surface area contributed by atoms with Crippen LogP contribution < -0.4 is 20.9 Å². The molecule has 0 saturated heterocycles. The van der Waals surface area contributed by atoms with Gasteiger partial charge in [-0.05, 0) is 42.9 Å². The molecule has 0 aliphatic carbocycles. The van der Waals surface area contributed by atoms with Crippen molar-refractivity contribution in [1.29, 1.82) is 0 Å². The fourth-order valence-electron chi connectivity index (χ4n) is 4.47. The second kappa shape index (κ2) is 12.2. The van der Waals surface area contributed by atoms with Gasteiger partial charge in [-0.3, -0.25) is 19.6 Å². The third kappa shape index (κ3) is 6.54. The van der Waals surface area contributed by atoms with Crippen molar-refractivity contribution >= 4 is 61.7 Å². The first-order valence-corrected chi connectivity index (χ1v) is 14.9. The minimum Gasteiger partial charge on any atom is -0.361 e. The Bertz CT molecular complexity index is 1730. The summed E-state index contributed by atoms with van der Waals surface area (Å²) in [6, 6.07) is 9.29. The Labute approximate surface area is 246 Å². The van der Waals surface area contributed by atoms with E-state index >= 15 is 0 Å². The molecule has 0 fully saturated rings. The van der Waals surface area contributed by atoms with Crippen molar-refractivity contribution in [3.63, 3.8) is 0 Å². The first kappa shape index (κ1) is 30.5. The fourth-order valence-corrected chi connectivity index (χ4v) is 5.87. The number of hydrogen-bond acceptors (Lipinski definition) is 8. The van der Waals surface area contributed by atoms with Crippen LogP contribution >= 0.6 is 23.2 Å². The molecule has 0 radical (unpaired) electrons. The third-order valence-corrected chi connectivity index (χ3v) is 8.10. The molecule has 0 aliphatic rings. The van der Waals surface area contributed by atoms with E-state index in [2.05, 4.69) is 25.5 Å². The highest BCUT2D eigenvalue weighted by molar-refractivity contribution is 7.89. The average molecular weight is 622 g/mol. The zero-order chi connectivity index (χ0) is 30.1. The molecule has 4 aromatic rings. The summed E-state index contributed by atoms with van der Waals surface area (Å²) in [5, 5.41) is 15.4. The highest BCUT2D eigenvalue weighted by atomic mass is 35.5. The normalized spacial score (nSPS) is 12.6. The van der Waals surface area contributed by atoms with Gasteiger partial charge in [-0.25, -0.2) is 18.5 Å². The van der Waals surface area contributed by atoms with Gasteiger partial charge in [0.2, 0.25) is 15.9 Å². The van der Waals surface area contributed by atoms with Crippen LogP contribution in [0, 0.1) is 0 Å². The van der Waals surface area contributed by atoms with Crippen molar-refractivity contribution < 1.29 is 13.2 Å². The van der Waals surface area contributed by atoms with E-state index in [0.717, 1.165) is 13.1 Å². The number of likely N-dealkylation sites (N-methyl/N-ethyl adjacent to an activating group) is 1. The largest absolute Gasteiger partial charge is 0.361 e. The van der Waals surface area contributed by atoms with Gasteiger partial charge in [0.05, 0.1) is 17.4 Å². The maximum atomic E-state index is 13.2. The summed E-state index contributed by atoms with van der Waals surface area (Å²) in [6.45, 7) is 5.72. The number of carbonyl (C=O) groups is 1. The second-order valence-corrected chi connectivity index (χ2v) is 11.9. The lowest BCUT2D eigenvalue weighted by Crippen LogP contribution is -2.32. The number of amides is 1. The molecular weight excluding hydrogens is 591 g/mol. The maximum Gasteiger partial charge on any atom is 0.264 e. The summed E-state index contributed by atoms with van der Waals surface area (Å²) in [6.07, 6.45) is 0.